The van der Waals surface area contributed by atoms with Crippen LogP contribution >= 0.6 is 0 Å². The van der Waals surface area contributed by atoms with Crippen LogP contribution in [0.3, 0.4) is 0 Å². The highest BCUT2D eigenvalue weighted by molar-refractivity contribution is 5.80. The lowest BCUT2D eigenvalue weighted by atomic mass is 9.56. The lowest BCUT2D eigenvalue weighted by Gasteiger charge is -2.59. The highest BCUT2D eigenvalue weighted by Gasteiger charge is 2.58. The van der Waals surface area contributed by atoms with Crippen LogP contribution in [-0.2, 0) is 4.74 Å². The molecule has 0 aromatic carbocycles. The van der Waals surface area contributed by atoms with Gasteiger partial charge in [0.15, 0.2) is 5.96 Å². The van der Waals surface area contributed by atoms with Crippen LogP contribution in [0.5, 0.6) is 0 Å². The van der Waals surface area contributed by atoms with Gasteiger partial charge in [0.2, 0.25) is 0 Å². The van der Waals surface area contributed by atoms with Crippen LogP contribution in [0.25, 0.3) is 0 Å². The molecule has 138 valence electrons. The molecule has 0 aromatic rings. The van der Waals surface area contributed by atoms with Gasteiger partial charge in [-0.1, -0.05) is 19.9 Å². The van der Waals surface area contributed by atoms with Crippen molar-refractivity contribution < 1.29 is 4.74 Å². The molecule has 1 heterocycles. The van der Waals surface area contributed by atoms with E-state index in [1.165, 1.54) is 0 Å². The molecule has 1 saturated carbocycles. The Kier molecular flexibility index (Phi) is 6.32. The Hall–Kier alpha value is -1.07. The van der Waals surface area contributed by atoms with Crippen molar-refractivity contribution in [2.45, 2.75) is 64.6 Å². The highest BCUT2D eigenvalue weighted by atomic mass is 16.5. The monoisotopic (exact) mass is 336 g/mol. The van der Waals surface area contributed by atoms with E-state index in [1.807, 2.05) is 13.2 Å². The second-order valence-corrected chi connectivity index (χ2v) is 7.89. The van der Waals surface area contributed by atoms with Gasteiger partial charge in [-0.05, 0) is 33.1 Å². The maximum atomic E-state index is 5.73. The SMILES string of the molecule is C=CCN1CCC(NC(=NCC)NC2CC(C)(OC)C2(C)C)CC1. The van der Waals surface area contributed by atoms with E-state index in [4.69, 9.17) is 4.74 Å². The average Bonchev–Trinajstić information content (AvgIpc) is 2.56. The van der Waals surface area contributed by atoms with Crippen LogP contribution in [0.15, 0.2) is 17.6 Å². The molecule has 1 aliphatic carbocycles. The molecule has 2 aliphatic rings. The summed E-state index contributed by atoms with van der Waals surface area (Å²) in [5, 5.41) is 7.29. The van der Waals surface area contributed by atoms with Crippen LogP contribution in [-0.4, -0.2) is 61.8 Å². The number of guanidine groups is 1. The first-order valence-corrected chi connectivity index (χ1v) is 9.32. The molecule has 2 rings (SSSR count). The number of nitrogens with one attached hydrogen (secondary N) is 2. The lowest BCUT2D eigenvalue weighted by Crippen LogP contribution is -2.70. The third-order valence-corrected chi connectivity index (χ3v) is 6.22. The van der Waals surface area contributed by atoms with Crippen molar-refractivity contribution in [3.05, 3.63) is 12.7 Å². The fraction of sp³-hybridized carbons (Fsp3) is 0.842. The molecule has 0 aromatic heterocycles. The van der Waals surface area contributed by atoms with Gasteiger partial charge in [-0.2, -0.15) is 0 Å². The highest BCUT2D eigenvalue weighted by Crippen LogP contribution is 2.51. The molecule has 1 aliphatic heterocycles. The van der Waals surface area contributed by atoms with Gasteiger partial charge in [0.25, 0.3) is 0 Å². The van der Waals surface area contributed by atoms with E-state index < -0.39 is 0 Å². The number of ether oxygens (including phenoxy) is 1. The number of likely N-dealkylation sites (tertiary alicyclic amines) is 1. The third-order valence-electron chi connectivity index (χ3n) is 6.22. The molecule has 24 heavy (non-hydrogen) atoms. The first-order chi connectivity index (χ1) is 11.4. The molecule has 0 amide bonds. The van der Waals surface area contributed by atoms with Crippen molar-refractivity contribution >= 4 is 5.96 Å². The van der Waals surface area contributed by atoms with E-state index in [2.05, 4.69) is 54.8 Å². The Bertz CT molecular complexity index is 454. The van der Waals surface area contributed by atoms with Crippen LogP contribution in [0.4, 0.5) is 0 Å². The first-order valence-electron chi connectivity index (χ1n) is 9.32. The Balaban J connectivity index is 1.88. The summed E-state index contributed by atoms with van der Waals surface area (Å²) in [7, 11) is 1.81. The molecular weight excluding hydrogens is 300 g/mol. The summed E-state index contributed by atoms with van der Waals surface area (Å²) in [5.41, 5.74) is 0.0310. The summed E-state index contributed by atoms with van der Waals surface area (Å²) < 4.78 is 5.73. The Labute approximate surface area is 147 Å². The van der Waals surface area contributed by atoms with Gasteiger partial charge < -0.3 is 15.4 Å². The minimum Gasteiger partial charge on any atom is -0.378 e. The van der Waals surface area contributed by atoms with Crippen molar-refractivity contribution in [2.75, 3.05) is 33.3 Å². The second kappa shape index (κ2) is 7.87. The molecule has 5 nitrogen and oxygen atoms in total. The fourth-order valence-electron chi connectivity index (χ4n) is 3.81. The van der Waals surface area contributed by atoms with Crippen LogP contribution in [0, 0.1) is 5.41 Å². The van der Waals surface area contributed by atoms with Crippen molar-refractivity contribution in [3.63, 3.8) is 0 Å². The van der Waals surface area contributed by atoms with Crippen LogP contribution in [0.1, 0.15) is 47.0 Å². The van der Waals surface area contributed by atoms with E-state index in [0.717, 1.165) is 51.4 Å². The molecule has 0 spiro atoms. The van der Waals surface area contributed by atoms with Gasteiger partial charge in [0.1, 0.15) is 0 Å². The number of piperidine rings is 1. The predicted molar refractivity (Wildman–Crippen MR) is 102 cm³/mol. The Morgan fingerprint density at radius 3 is 2.46 bits per heavy atom. The molecule has 5 heteroatoms. The first kappa shape index (κ1) is 19.3. The zero-order valence-corrected chi connectivity index (χ0v) is 16.2. The number of hydrogen-bond donors (Lipinski definition) is 2. The molecule has 2 atom stereocenters. The third kappa shape index (κ3) is 3.94. The minimum absolute atomic E-state index is 0.0575. The summed E-state index contributed by atoms with van der Waals surface area (Å²) in [5.74, 6) is 0.955. The van der Waals surface area contributed by atoms with Gasteiger partial charge in [0, 0.05) is 50.8 Å². The van der Waals surface area contributed by atoms with Gasteiger partial charge in [-0.25, -0.2) is 0 Å². The maximum absolute atomic E-state index is 5.73. The average molecular weight is 337 g/mol. The smallest absolute Gasteiger partial charge is 0.191 e. The normalized spacial score (nSPS) is 31.4. The van der Waals surface area contributed by atoms with Crippen molar-refractivity contribution in [1.82, 2.24) is 15.5 Å². The summed E-state index contributed by atoms with van der Waals surface area (Å²) in [6.07, 6.45) is 5.31. The maximum Gasteiger partial charge on any atom is 0.191 e. The van der Waals surface area contributed by atoms with Gasteiger partial charge in [-0.3, -0.25) is 9.89 Å². The summed E-state index contributed by atoms with van der Waals surface area (Å²) >= 11 is 0. The van der Waals surface area contributed by atoms with E-state index >= 15 is 0 Å². The van der Waals surface area contributed by atoms with Gasteiger partial charge in [-0.15, -0.1) is 6.58 Å². The fourth-order valence-corrected chi connectivity index (χ4v) is 3.81. The predicted octanol–water partition coefficient (Wildman–Crippen LogP) is 2.40. The zero-order chi connectivity index (χ0) is 17.8. The molecule has 2 N–H and O–H groups in total. The van der Waals surface area contributed by atoms with E-state index in [9.17, 15) is 0 Å². The topological polar surface area (TPSA) is 48.9 Å². The van der Waals surface area contributed by atoms with Gasteiger partial charge >= 0.3 is 0 Å². The molecular formula is C19H36N4O. The molecule has 2 unspecified atom stereocenters. The standard InChI is InChI=1S/C19H36N4O/c1-7-11-23-12-9-15(10-13-23)21-17(20-8-2)22-16-14-19(5,24-6)18(16,3)4/h7,15-16H,1,8-14H2,2-6H3,(H2,20,21,22). The summed E-state index contributed by atoms with van der Waals surface area (Å²) in [6, 6.07) is 0.891. The quantitative estimate of drug-likeness (QED) is 0.444. The van der Waals surface area contributed by atoms with Crippen LogP contribution in [0.2, 0.25) is 0 Å². The lowest BCUT2D eigenvalue weighted by molar-refractivity contribution is -0.176. The number of hydrogen-bond acceptors (Lipinski definition) is 3. The number of rotatable bonds is 6. The molecule has 0 bridgehead atoms. The van der Waals surface area contributed by atoms with E-state index in [0.29, 0.717) is 12.1 Å². The van der Waals surface area contributed by atoms with Crippen molar-refractivity contribution in [3.8, 4) is 0 Å². The molecule has 0 radical (unpaired) electrons. The largest absolute Gasteiger partial charge is 0.378 e. The zero-order valence-electron chi connectivity index (χ0n) is 16.2. The molecule has 1 saturated heterocycles. The number of nitrogens with zero attached hydrogens (tertiary/aromatic N) is 2. The summed E-state index contributed by atoms with van der Waals surface area (Å²) in [6.45, 7) is 16.7. The van der Waals surface area contributed by atoms with Gasteiger partial charge in [0.05, 0.1) is 5.60 Å². The number of methoxy groups -OCH3 is 1. The second-order valence-electron chi connectivity index (χ2n) is 7.89. The van der Waals surface area contributed by atoms with E-state index in [-0.39, 0.29) is 11.0 Å². The van der Waals surface area contributed by atoms with E-state index in [1.54, 1.807) is 0 Å². The summed E-state index contributed by atoms with van der Waals surface area (Å²) in [4.78, 5) is 7.11. The Morgan fingerprint density at radius 1 is 1.29 bits per heavy atom. The van der Waals surface area contributed by atoms with Crippen molar-refractivity contribution in [2.24, 2.45) is 10.4 Å². The van der Waals surface area contributed by atoms with Crippen molar-refractivity contribution in [1.29, 1.82) is 0 Å². The molecule has 2 fully saturated rings. The minimum atomic E-state index is -0.0575. The number of aliphatic imine (C=N–C) groups is 1. The van der Waals surface area contributed by atoms with Crippen LogP contribution < -0.4 is 10.6 Å². The Morgan fingerprint density at radius 2 is 1.96 bits per heavy atom.